The first kappa shape index (κ1) is 23.4. The average molecular weight is 448 g/mol. The summed E-state index contributed by atoms with van der Waals surface area (Å²) in [7, 11) is -2.07. The second-order valence-electron chi connectivity index (χ2n) is 10.4. The van der Waals surface area contributed by atoms with Gasteiger partial charge in [-0.15, -0.1) is 0 Å². The monoisotopic (exact) mass is 447 g/mol. The summed E-state index contributed by atoms with van der Waals surface area (Å²) < 4.78 is 12.4. The molecule has 1 aliphatic heterocycles. The smallest absolute Gasteiger partial charge is 0.312 e. The maximum absolute atomic E-state index is 12.9. The van der Waals surface area contributed by atoms with Gasteiger partial charge in [-0.3, -0.25) is 4.79 Å². The van der Waals surface area contributed by atoms with Crippen molar-refractivity contribution in [1.82, 2.24) is 4.90 Å². The first-order chi connectivity index (χ1) is 13.9. The first-order valence-corrected chi connectivity index (χ1v) is 14.5. The molecule has 166 valence electrons. The third-order valence-corrected chi connectivity index (χ3v) is 12.4. The summed E-state index contributed by atoms with van der Waals surface area (Å²) in [5.41, 5.74) is 0.783. The van der Waals surface area contributed by atoms with Crippen molar-refractivity contribution < 1.29 is 14.0 Å². The van der Waals surface area contributed by atoms with E-state index in [9.17, 15) is 4.79 Å². The van der Waals surface area contributed by atoms with Crippen LogP contribution in [0.25, 0.3) is 0 Å². The molecule has 1 aromatic rings. The Morgan fingerprint density at radius 2 is 1.87 bits per heavy atom. The van der Waals surface area contributed by atoms with Crippen LogP contribution >= 0.6 is 12.2 Å². The molecule has 1 aliphatic carbocycles. The van der Waals surface area contributed by atoms with E-state index in [0.717, 1.165) is 24.4 Å². The fraction of sp³-hybridized carbons (Fsp3) is 0.667. The van der Waals surface area contributed by atoms with Gasteiger partial charge in [-0.25, -0.2) is 0 Å². The molecule has 2 aliphatic rings. The van der Waals surface area contributed by atoms with Gasteiger partial charge in [-0.05, 0) is 50.4 Å². The molecule has 3 atom stereocenters. The number of carbonyl (C=O) groups excluding carboxylic acids is 1. The van der Waals surface area contributed by atoms with E-state index in [0.29, 0.717) is 6.61 Å². The maximum atomic E-state index is 12.9. The molecule has 1 heterocycles. The average Bonchev–Trinajstić information content (AvgIpc) is 3.42. The third kappa shape index (κ3) is 4.23. The highest BCUT2D eigenvalue weighted by Gasteiger charge is 2.63. The Balaban J connectivity index is 1.94. The summed E-state index contributed by atoms with van der Waals surface area (Å²) >= 11 is 6.02. The molecule has 3 unspecified atom stereocenters. The molecule has 0 radical (unpaired) electrons. The number of carbonyl (C=O) groups is 1. The summed E-state index contributed by atoms with van der Waals surface area (Å²) in [4.78, 5) is 16.1. The summed E-state index contributed by atoms with van der Waals surface area (Å²) in [5, 5.41) is 0.0757. The third-order valence-electron chi connectivity index (χ3n) is 7.44. The number of esters is 1. The van der Waals surface area contributed by atoms with Crippen molar-refractivity contribution in [3.8, 4) is 0 Å². The standard InChI is InChI=1S/C24H37NO3SSi/c1-8-27-22(26)24(14-15-24)19-16-25(17(2)18-12-10-9-11-13-18)21(29)20(19)28-30(6,7)23(3,4)5/h9-13,17,19-20H,8,14-16H2,1-7H3. The molecule has 0 spiro atoms. The van der Waals surface area contributed by atoms with Crippen LogP contribution in [0, 0.1) is 11.3 Å². The fourth-order valence-electron chi connectivity index (χ4n) is 4.22. The Morgan fingerprint density at radius 1 is 1.27 bits per heavy atom. The number of likely N-dealkylation sites (tertiary alicyclic amines) is 1. The van der Waals surface area contributed by atoms with Crippen LogP contribution in [-0.2, 0) is 14.0 Å². The van der Waals surface area contributed by atoms with Gasteiger partial charge in [0.1, 0.15) is 11.1 Å². The van der Waals surface area contributed by atoms with Crippen LogP contribution in [0.2, 0.25) is 18.1 Å². The van der Waals surface area contributed by atoms with Crippen molar-refractivity contribution in [2.24, 2.45) is 11.3 Å². The highest BCUT2D eigenvalue weighted by molar-refractivity contribution is 7.80. The van der Waals surface area contributed by atoms with Crippen LogP contribution < -0.4 is 0 Å². The van der Waals surface area contributed by atoms with E-state index in [1.54, 1.807) is 0 Å². The van der Waals surface area contributed by atoms with E-state index in [1.807, 2.05) is 13.0 Å². The molecular weight excluding hydrogens is 410 g/mol. The largest absolute Gasteiger partial charge is 0.466 e. The lowest BCUT2D eigenvalue weighted by atomic mass is 9.86. The van der Waals surface area contributed by atoms with Crippen LogP contribution in [0.3, 0.4) is 0 Å². The minimum atomic E-state index is -2.07. The van der Waals surface area contributed by atoms with Crippen molar-refractivity contribution in [1.29, 1.82) is 0 Å². The molecular formula is C24H37NO3SSi. The van der Waals surface area contributed by atoms with Crippen LogP contribution in [0.5, 0.6) is 0 Å². The summed E-state index contributed by atoms with van der Waals surface area (Å²) in [6.07, 6.45) is 1.52. The van der Waals surface area contributed by atoms with Crippen LogP contribution in [0.1, 0.15) is 59.1 Å². The lowest BCUT2D eigenvalue weighted by molar-refractivity contribution is -0.153. The Bertz CT molecular complexity index is 785. The molecule has 4 nitrogen and oxygen atoms in total. The van der Waals surface area contributed by atoms with Crippen molar-refractivity contribution in [3.63, 3.8) is 0 Å². The molecule has 0 bridgehead atoms. The van der Waals surface area contributed by atoms with Gasteiger partial charge in [0.05, 0.1) is 18.1 Å². The quantitative estimate of drug-likeness (QED) is 0.303. The van der Waals surface area contributed by atoms with Gasteiger partial charge >= 0.3 is 5.97 Å². The van der Waals surface area contributed by atoms with Crippen LogP contribution in [0.15, 0.2) is 30.3 Å². The number of hydrogen-bond acceptors (Lipinski definition) is 4. The van der Waals surface area contributed by atoms with E-state index in [-0.39, 0.29) is 29.1 Å². The number of benzene rings is 1. The van der Waals surface area contributed by atoms with Gasteiger partial charge in [0.25, 0.3) is 0 Å². The molecule has 0 N–H and O–H groups in total. The first-order valence-electron chi connectivity index (χ1n) is 11.1. The minimum absolute atomic E-state index is 0.0457. The fourth-order valence-corrected chi connectivity index (χ4v) is 6.02. The van der Waals surface area contributed by atoms with Crippen molar-refractivity contribution in [3.05, 3.63) is 35.9 Å². The topological polar surface area (TPSA) is 38.8 Å². The van der Waals surface area contributed by atoms with Crippen molar-refractivity contribution in [2.45, 2.75) is 77.7 Å². The zero-order valence-electron chi connectivity index (χ0n) is 19.5. The second kappa shape index (κ2) is 8.36. The highest BCUT2D eigenvalue weighted by atomic mass is 32.1. The van der Waals surface area contributed by atoms with Gasteiger partial charge in [0.2, 0.25) is 0 Å². The van der Waals surface area contributed by atoms with Gasteiger partial charge in [-0.1, -0.05) is 63.3 Å². The van der Waals surface area contributed by atoms with E-state index in [4.69, 9.17) is 21.4 Å². The normalized spacial score (nSPS) is 24.6. The van der Waals surface area contributed by atoms with E-state index < -0.39 is 13.7 Å². The predicted molar refractivity (Wildman–Crippen MR) is 128 cm³/mol. The molecule has 30 heavy (non-hydrogen) atoms. The summed E-state index contributed by atoms with van der Waals surface area (Å²) in [6, 6.07) is 10.6. The molecule has 0 aromatic heterocycles. The molecule has 1 saturated heterocycles. The Morgan fingerprint density at radius 3 is 2.37 bits per heavy atom. The number of nitrogens with zero attached hydrogens (tertiary/aromatic N) is 1. The van der Waals surface area contributed by atoms with Gasteiger partial charge in [0.15, 0.2) is 8.32 Å². The van der Waals surface area contributed by atoms with Crippen LogP contribution in [0.4, 0.5) is 0 Å². The van der Waals surface area contributed by atoms with Gasteiger partial charge < -0.3 is 14.1 Å². The predicted octanol–water partition coefficient (Wildman–Crippen LogP) is 5.74. The number of hydrogen-bond donors (Lipinski definition) is 0. The summed E-state index contributed by atoms with van der Waals surface area (Å²) in [6.45, 7) is 16.5. The molecule has 6 heteroatoms. The Labute approximate surface area is 188 Å². The lowest BCUT2D eigenvalue weighted by Gasteiger charge is -2.40. The molecule has 2 fully saturated rings. The van der Waals surface area contributed by atoms with Crippen LogP contribution in [-0.4, -0.2) is 43.4 Å². The number of rotatable bonds is 7. The molecule has 0 amide bonds. The minimum Gasteiger partial charge on any atom is -0.466 e. The van der Waals surface area contributed by atoms with Crippen molar-refractivity contribution in [2.75, 3.05) is 13.2 Å². The number of ether oxygens (including phenoxy) is 1. The van der Waals surface area contributed by atoms with Gasteiger partial charge in [-0.2, -0.15) is 0 Å². The van der Waals surface area contributed by atoms with E-state index in [1.165, 1.54) is 5.56 Å². The molecule has 3 rings (SSSR count). The highest BCUT2D eigenvalue weighted by Crippen LogP contribution is 2.58. The van der Waals surface area contributed by atoms with Gasteiger partial charge in [0, 0.05) is 12.5 Å². The Kier molecular flexibility index (Phi) is 6.53. The van der Waals surface area contributed by atoms with E-state index >= 15 is 0 Å². The van der Waals surface area contributed by atoms with E-state index in [2.05, 4.69) is 70.0 Å². The maximum Gasteiger partial charge on any atom is 0.312 e. The SMILES string of the molecule is CCOC(=O)C1(C2CN(C(C)c3ccccc3)C(=S)C2O[Si](C)(C)C(C)(C)C)CC1. The molecule has 1 saturated carbocycles. The zero-order chi connectivity index (χ0) is 22.3. The molecule has 1 aromatic carbocycles. The van der Waals surface area contributed by atoms with Crippen molar-refractivity contribution >= 4 is 31.5 Å². The second-order valence-corrected chi connectivity index (χ2v) is 15.5. The lowest BCUT2D eigenvalue weighted by Crippen LogP contribution is -2.49. The number of thiocarbonyl (C=S) groups is 1. The summed E-state index contributed by atoms with van der Waals surface area (Å²) in [5.74, 6) is -0.0276. The Hall–Kier alpha value is -1.24. The zero-order valence-corrected chi connectivity index (χ0v) is 21.3.